The number of aliphatic carboxylic acids is 1. The van der Waals surface area contributed by atoms with E-state index in [0.29, 0.717) is 24.0 Å². The van der Waals surface area contributed by atoms with Gasteiger partial charge in [0.25, 0.3) is 0 Å². The Morgan fingerprint density at radius 2 is 1.82 bits per heavy atom. The van der Waals surface area contributed by atoms with E-state index in [1.807, 2.05) is 6.07 Å². The smallest absolute Gasteiger partial charge is 0.314 e. The minimum atomic E-state index is -0.851. The monoisotopic (exact) mass is 232 g/mol. The van der Waals surface area contributed by atoms with Crippen molar-refractivity contribution in [2.45, 2.75) is 37.5 Å². The molecule has 1 aliphatic rings. The fourth-order valence-electron chi connectivity index (χ4n) is 2.79. The van der Waals surface area contributed by atoms with E-state index >= 15 is 0 Å². The van der Waals surface area contributed by atoms with Crippen molar-refractivity contribution in [2.75, 3.05) is 0 Å². The number of hydrogen-bond acceptors (Lipinski definition) is 2. The second-order valence-corrected chi connectivity index (χ2v) is 4.65. The van der Waals surface area contributed by atoms with Crippen LogP contribution < -0.4 is 0 Å². The van der Waals surface area contributed by atoms with Crippen molar-refractivity contribution in [3.05, 3.63) is 35.4 Å². The minimum absolute atomic E-state index is 0.511. The summed E-state index contributed by atoms with van der Waals surface area (Å²) < 4.78 is 0. The highest BCUT2D eigenvalue weighted by Gasteiger charge is 2.42. The fourth-order valence-corrected chi connectivity index (χ4v) is 2.79. The number of carbonyl (C=O) groups is 2. The standard InChI is InChI=1S/C14H16O3/c15-10-11-6-2-3-7-12(11)14(13(16)17)8-4-1-5-9-14/h2-3,6-7,10H,1,4-5,8-9H2,(H,16,17). The normalized spacial score (nSPS) is 18.6. The summed E-state index contributed by atoms with van der Waals surface area (Å²) in [5, 5.41) is 9.55. The van der Waals surface area contributed by atoms with Crippen LogP contribution in [0.2, 0.25) is 0 Å². The van der Waals surface area contributed by atoms with Gasteiger partial charge in [-0.05, 0) is 18.4 Å². The van der Waals surface area contributed by atoms with E-state index < -0.39 is 11.4 Å². The Kier molecular flexibility index (Phi) is 3.27. The molecular weight excluding hydrogens is 216 g/mol. The molecule has 3 heteroatoms. The number of carbonyl (C=O) groups excluding carboxylic acids is 1. The Hall–Kier alpha value is -1.64. The molecule has 1 aromatic rings. The lowest BCUT2D eigenvalue weighted by molar-refractivity contribution is -0.145. The Labute approximate surface area is 100 Å². The molecule has 0 amide bonds. The van der Waals surface area contributed by atoms with Crippen molar-refractivity contribution >= 4 is 12.3 Å². The molecule has 2 rings (SSSR count). The van der Waals surface area contributed by atoms with Gasteiger partial charge in [0.15, 0.2) is 0 Å². The Bertz CT molecular complexity index is 431. The summed E-state index contributed by atoms with van der Waals surface area (Å²) in [6.45, 7) is 0. The van der Waals surface area contributed by atoms with Gasteiger partial charge in [0.2, 0.25) is 0 Å². The zero-order chi connectivity index (χ0) is 12.3. The maximum atomic E-state index is 11.6. The lowest BCUT2D eigenvalue weighted by atomic mass is 9.68. The van der Waals surface area contributed by atoms with Gasteiger partial charge in [0.05, 0.1) is 5.41 Å². The lowest BCUT2D eigenvalue weighted by Crippen LogP contribution is -2.38. The Balaban J connectivity index is 2.52. The van der Waals surface area contributed by atoms with Crippen LogP contribution in [0.25, 0.3) is 0 Å². The highest BCUT2D eigenvalue weighted by Crippen LogP contribution is 2.40. The summed E-state index contributed by atoms with van der Waals surface area (Å²) in [7, 11) is 0. The average Bonchev–Trinajstić information content (AvgIpc) is 2.39. The number of carboxylic acids is 1. The molecular formula is C14H16O3. The van der Waals surface area contributed by atoms with Crippen LogP contribution in [0, 0.1) is 0 Å². The van der Waals surface area contributed by atoms with Crippen molar-refractivity contribution in [3.63, 3.8) is 0 Å². The van der Waals surface area contributed by atoms with Crippen LogP contribution in [0.5, 0.6) is 0 Å². The van der Waals surface area contributed by atoms with E-state index in [-0.39, 0.29) is 0 Å². The average molecular weight is 232 g/mol. The first-order chi connectivity index (χ1) is 8.20. The largest absolute Gasteiger partial charge is 0.481 e. The van der Waals surface area contributed by atoms with E-state index in [1.54, 1.807) is 18.2 Å². The predicted octanol–water partition coefficient (Wildman–Crippen LogP) is 2.79. The fraction of sp³-hybridized carbons (Fsp3) is 0.429. The van der Waals surface area contributed by atoms with Crippen LogP contribution in [0.1, 0.15) is 48.0 Å². The molecule has 1 aliphatic carbocycles. The molecule has 1 fully saturated rings. The van der Waals surface area contributed by atoms with Gasteiger partial charge in [-0.25, -0.2) is 0 Å². The maximum absolute atomic E-state index is 11.6. The van der Waals surface area contributed by atoms with Gasteiger partial charge in [-0.15, -0.1) is 0 Å². The van der Waals surface area contributed by atoms with Crippen molar-refractivity contribution in [1.82, 2.24) is 0 Å². The van der Waals surface area contributed by atoms with Crippen LogP contribution in [0.3, 0.4) is 0 Å². The molecule has 0 unspecified atom stereocenters. The number of hydrogen-bond donors (Lipinski definition) is 1. The summed E-state index contributed by atoms with van der Waals surface area (Å²) in [5.41, 5.74) is 0.342. The molecule has 0 atom stereocenters. The summed E-state index contributed by atoms with van der Waals surface area (Å²) in [6, 6.07) is 7.05. The van der Waals surface area contributed by atoms with E-state index in [2.05, 4.69) is 0 Å². The van der Waals surface area contributed by atoms with Gasteiger partial charge in [-0.1, -0.05) is 43.5 Å². The molecule has 90 valence electrons. The number of aldehydes is 1. The molecule has 17 heavy (non-hydrogen) atoms. The second kappa shape index (κ2) is 4.70. The van der Waals surface area contributed by atoms with Crippen LogP contribution in [0.4, 0.5) is 0 Å². The zero-order valence-electron chi connectivity index (χ0n) is 9.69. The van der Waals surface area contributed by atoms with Crippen LogP contribution in [-0.4, -0.2) is 17.4 Å². The number of carboxylic acid groups (broad SMARTS) is 1. The highest BCUT2D eigenvalue weighted by molar-refractivity contribution is 5.87. The van der Waals surface area contributed by atoms with Crippen LogP contribution in [0.15, 0.2) is 24.3 Å². The third-order valence-electron chi connectivity index (χ3n) is 3.72. The van der Waals surface area contributed by atoms with Crippen molar-refractivity contribution in [1.29, 1.82) is 0 Å². The molecule has 1 N–H and O–H groups in total. The summed E-state index contributed by atoms with van der Waals surface area (Å²) in [6.07, 6.45) is 4.94. The Morgan fingerprint density at radius 1 is 1.18 bits per heavy atom. The molecule has 0 spiro atoms. The van der Waals surface area contributed by atoms with Crippen molar-refractivity contribution in [3.8, 4) is 0 Å². The summed E-state index contributed by atoms with van der Waals surface area (Å²) >= 11 is 0. The van der Waals surface area contributed by atoms with Gasteiger partial charge >= 0.3 is 5.97 Å². The minimum Gasteiger partial charge on any atom is -0.481 e. The van der Waals surface area contributed by atoms with E-state index in [0.717, 1.165) is 25.5 Å². The van der Waals surface area contributed by atoms with Crippen molar-refractivity contribution in [2.24, 2.45) is 0 Å². The SMILES string of the molecule is O=Cc1ccccc1C1(C(=O)O)CCCCC1. The second-order valence-electron chi connectivity index (χ2n) is 4.65. The molecule has 0 heterocycles. The first-order valence-electron chi connectivity index (χ1n) is 5.99. The molecule has 0 aliphatic heterocycles. The third kappa shape index (κ3) is 1.97. The molecule has 0 radical (unpaired) electrons. The van der Waals surface area contributed by atoms with Crippen LogP contribution >= 0.6 is 0 Å². The van der Waals surface area contributed by atoms with E-state index in [1.165, 1.54) is 0 Å². The molecule has 0 bridgehead atoms. The maximum Gasteiger partial charge on any atom is 0.314 e. The molecule has 0 saturated heterocycles. The van der Waals surface area contributed by atoms with Gasteiger partial charge in [-0.3, -0.25) is 9.59 Å². The number of rotatable bonds is 3. The van der Waals surface area contributed by atoms with Gasteiger partial charge < -0.3 is 5.11 Å². The highest BCUT2D eigenvalue weighted by atomic mass is 16.4. The molecule has 3 nitrogen and oxygen atoms in total. The third-order valence-corrected chi connectivity index (χ3v) is 3.72. The first kappa shape index (κ1) is 11.8. The molecule has 1 aromatic carbocycles. The predicted molar refractivity (Wildman–Crippen MR) is 64.2 cm³/mol. The van der Waals surface area contributed by atoms with E-state index in [4.69, 9.17) is 0 Å². The molecule has 0 aromatic heterocycles. The van der Waals surface area contributed by atoms with E-state index in [9.17, 15) is 14.7 Å². The zero-order valence-corrected chi connectivity index (χ0v) is 9.69. The van der Waals surface area contributed by atoms with Gasteiger partial charge in [0, 0.05) is 5.56 Å². The van der Waals surface area contributed by atoms with Gasteiger partial charge in [-0.2, -0.15) is 0 Å². The number of benzene rings is 1. The topological polar surface area (TPSA) is 54.4 Å². The Morgan fingerprint density at radius 3 is 2.41 bits per heavy atom. The quantitative estimate of drug-likeness (QED) is 0.815. The summed E-state index contributed by atoms with van der Waals surface area (Å²) in [4.78, 5) is 22.7. The lowest BCUT2D eigenvalue weighted by Gasteiger charge is -2.34. The van der Waals surface area contributed by atoms with Gasteiger partial charge in [0.1, 0.15) is 6.29 Å². The molecule has 1 saturated carbocycles. The van der Waals surface area contributed by atoms with Crippen molar-refractivity contribution < 1.29 is 14.7 Å². The van der Waals surface area contributed by atoms with Crippen LogP contribution in [-0.2, 0) is 10.2 Å². The summed E-state index contributed by atoms with van der Waals surface area (Å²) in [5.74, 6) is -0.800. The first-order valence-corrected chi connectivity index (χ1v) is 5.99.